The first-order valence-corrected chi connectivity index (χ1v) is 22.8. The maximum absolute atomic E-state index is 12.4. The first kappa shape index (κ1) is 42.3. The molecule has 0 amide bonds. The molecule has 16 heteroatoms. The van der Waals surface area contributed by atoms with E-state index < -0.39 is 40.5 Å². The molecule has 0 spiro atoms. The number of rotatable bonds is 18. The van der Waals surface area contributed by atoms with Crippen molar-refractivity contribution in [3.63, 3.8) is 0 Å². The molecule has 288 valence electrons. The van der Waals surface area contributed by atoms with E-state index in [-0.39, 0.29) is 62.8 Å². The van der Waals surface area contributed by atoms with Gasteiger partial charge in [0.25, 0.3) is 40.5 Å². The molecule has 4 aromatic rings. The minimum Gasteiger partial charge on any atom is -0.282 e. The smallest absolute Gasteiger partial charge is 0.282 e. The second-order valence-electron chi connectivity index (χ2n) is 13.2. The predicted octanol–water partition coefficient (Wildman–Crippen LogP) is 6.85. The topological polar surface area (TPSA) is 217 Å². The zero-order valence-electron chi connectivity index (χ0n) is 29.4. The van der Waals surface area contributed by atoms with E-state index in [0.717, 1.165) is 32.1 Å². The van der Waals surface area contributed by atoms with E-state index in [4.69, 9.17) is 0 Å². The molecular weight excluding hydrogens is 765 g/mol. The van der Waals surface area contributed by atoms with E-state index in [9.17, 15) is 51.9 Å². The van der Waals surface area contributed by atoms with Gasteiger partial charge in [0.1, 0.15) is 0 Å². The molecule has 0 saturated carbocycles. The monoisotopic (exact) mass is 808 g/mol. The van der Waals surface area contributed by atoms with E-state index in [1.165, 1.54) is 49.4 Å². The highest BCUT2D eigenvalue weighted by Gasteiger charge is 2.21. The van der Waals surface area contributed by atoms with Crippen molar-refractivity contribution in [2.24, 2.45) is 0 Å². The first-order chi connectivity index (χ1) is 24.7. The molecule has 0 bridgehead atoms. The van der Waals surface area contributed by atoms with E-state index in [0.29, 0.717) is 39.8 Å². The molecule has 0 radical (unpaired) electrons. The third-order valence-corrected chi connectivity index (χ3v) is 12.8. The van der Waals surface area contributed by atoms with Crippen LogP contribution < -0.4 is 0 Å². The van der Waals surface area contributed by atoms with Crippen LogP contribution in [0.25, 0.3) is 0 Å². The number of hydrogen-bond donors (Lipinski definition) is 4. The summed E-state index contributed by atoms with van der Waals surface area (Å²) in [7, 11) is -18.4. The largest absolute Gasteiger partial charge is 0.294 e. The molecule has 0 atom stereocenters. The van der Waals surface area contributed by atoms with Crippen LogP contribution in [0.2, 0.25) is 0 Å². The number of unbranched alkanes of at least 4 members (excludes halogenated alkanes) is 4. The average Bonchev–Trinajstić information content (AvgIpc) is 3.05. The molecule has 4 N–H and O–H groups in total. The van der Waals surface area contributed by atoms with Gasteiger partial charge in [-0.3, -0.25) is 18.2 Å². The molecule has 4 rings (SSSR count). The third kappa shape index (κ3) is 12.0. The molecule has 0 aliphatic rings. The fraction of sp³-hybridized carbons (Fsp3) is 0.351. The molecule has 0 unspecified atom stereocenters. The zero-order valence-corrected chi connectivity index (χ0v) is 32.7. The molecule has 12 nitrogen and oxygen atoms in total. The SMILES string of the molecule is CCCCCCCc1ccc(Cc2ccc(CCCc3ccc(Cc4ccc(C)c(S(=O)(=O)O)c4)cc3S(=O)(=O)O)c(S(=O)(=O)O)c2)cc1S(=O)(=O)O. The lowest BCUT2D eigenvalue weighted by Crippen LogP contribution is -2.08. The van der Waals surface area contributed by atoms with Crippen molar-refractivity contribution >= 4 is 40.5 Å². The van der Waals surface area contributed by atoms with Gasteiger partial charge in [-0.05, 0) is 121 Å². The van der Waals surface area contributed by atoms with E-state index >= 15 is 0 Å². The summed E-state index contributed by atoms with van der Waals surface area (Å²) in [6.07, 6.45) is 5.97. The molecule has 0 aliphatic heterocycles. The summed E-state index contributed by atoms with van der Waals surface area (Å²) in [6.45, 7) is 3.62. The Morgan fingerprint density at radius 1 is 0.415 bits per heavy atom. The van der Waals surface area contributed by atoms with Crippen molar-refractivity contribution in [2.45, 2.75) is 104 Å². The van der Waals surface area contributed by atoms with Crippen LogP contribution in [-0.2, 0) is 72.6 Å². The molecule has 53 heavy (non-hydrogen) atoms. The first-order valence-electron chi connectivity index (χ1n) is 17.0. The Hall–Kier alpha value is -3.48. The summed E-state index contributed by atoms with van der Waals surface area (Å²) in [5.74, 6) is 0. The Morgan fingerprint density at radius 3 is 1.09 bits per heavy atom. The second kappa shape index (κ2) is 17.3. The second-order valence-corrected chi connectivity index (χ2v) is 18.8. The maximum Gasteiger partial charge on any atom is 0.294 e. The number of hydrogen-bond acceptors (Lipinski definition) is 8. The van der Waals surface area contributed by atoms with Gasteiger partial charge in [0.15, 0.2) is 0 Å². The van der Waals surface area contributed by atoms with Crippen LogP contribution in [0.1, 0.15) is 90.0 Å². The summed E-state index contributed by atoms with van der Waals surface area (Å²) < 4.78 is 137. The van der Waals surface area contributed by atoms with E-state index in [1.54, 1.807) is 30.3 Å². The van der Waals surface area contributed by atoms with Gasteiger partial charge in [-0.15, -0.1) is 0 Å². The lowest BCUT2D eigenvalue weighted by atomic mass is 9.98. The average molecular weight is 809 g/mol. The lowest BCUT2D eigenvalue weighted by molar-refractivity contribution is 0.479. The van der Waals surface area contributed by atoms with Crippen molar-refractivity contribution in [1.29, 1.82) is 0 Å². The van der Waals surface area contributed by atoms with Crippen LogP contribution in [0.15, 0.2) is 92.4 Å². The molecule has 0 fully saturated rings. The van der Waals surface area contributed by atoms with Gasteiger partial charge < -0.3 is 0 Å². The molecule has 0 heterocycles. The summed E-state index contributed by atoms with van der Waals surface area (Å²) >= 11 is 0. The van der Waals surface area contributed by atoms with Crippen molar-refractivity contribution in [1.82, 2.24) is 0 Å². The van der Waals surface area contributed by atoms with Crippen molar-refractivity contribution in [3.05, 3.63) is 117 Å². The quantitative estimate of drug-likeness (QED) is 0.0599. The minimum atomic E-state index is -4.71. The Balaban J connectivity index is 1.52. The predicted molar refractivity (Wildman–Crippen MR) is 200 cm³/mol. The van der Waals surface area contributed by atoms with Crippen LogP contribution >= 0.6 is 0 Å². The van der Waals surface area contributed by atoms with Crippen molar-refractivity contribution < 1.29 is 51.9 Å². The van der Waals surface area contributed by atoms with Crippen molar-refractivity contribution in [2.75, 3.05) is 0 Å². The Morgan fingerprint density at radius 2 is 0.736 bits per heavy atom. The van der Waals surface area contributed by atoms with Crippen LogP contribution in [0.4, 0.5) is 0 Å². The minimum absolute atomic E-state index is 0.0933. The Kier molecular flexibility index (Phi) is 13.8. The fourth-order valence-corrected chi connectivity index (χ4v) is 9.54. The third-order valence-electron chi connectivity index (χ3n) is 9.02. The molecule has 0 aliphatic carbocycles. The highest BCUT2D eigenvalue weighted by molar-refractivity contribution is 7.86. The van der Waals surface area contributed by atoms with Crippen LogP contribution in [0.3, 0.4) is 0 Å². The standard InChI is InChI=1S/C37H44O12S4/c1-3-4-5-6-7-9-31-17-14-29(23-35(31)51(41,42)43)21-30-16-19-33(37(25-30)53(47,48)49)11-8-10-32-18-15-28(24-36(32)52(44,45)46)20-27-13-12-26(2)34(22-27)50(38,39)40/h12-19,22-25H,3-11,20-21H2,1-2H3,(H,38,39,40)(H,41,42,43)(H,44,45,46)(H,47,48,49). The summed E-state index contributed by atoms with van der Waals surface area (Å²) in [4.78, 5) is -1.20. The Bertz CT molecular complexity index is 2400. The molecule has 4 aromatic carbocycles. The number of aryl methyl sites for hydroxylation is 4. The summed E-state index contributed by atoms with van der Waals surface area (Å²) in [6, 6.07) is 18.0. The van der Waals surface area contributed by atoms with Crippen molar-refractivity contribution in [3.8, 4) is 0 Å². The lowest BCUT2D eigenvalue weighted by Gasteiger charge is -2.13. The van der Waals surface area contributed by atoms with Crippen LogP contribution in [0.5, 0.6) is 0 Å². The molecule has 0 aromatic heterocycles. The van der Waals surface area contributed by atoms with E-state index in [2.05, 4.69) is 6.92 Å². The summed E-state index contributed by atoms with van der Waals surface area (Å²) in [5.41, 5.74) is 3.21. The Labute approximate surface area is 312 Å². The van der Waals surface area contributed by atoms with Gasteiger partial charge in [0.05, 0.1) is 19.6 Å². The number of benzene rings is 4. The molecule has 0 saturated heterocycles. The van der Waals surface area contributed by atoms with Crippen LogP contribution in [0, 0.1) is 6.92 Å². The highest BCUT2D eigenvalue weighted by Crippen LogP contribution is 2.27. The highest BCUT2D eigenvalue weighted by atomic mass is 32.2. The maximum atomic E-state index is 12.4. The summed E-state index contributed by atoms with van der Waals surface area (Å²) in [5, 5.41) is 0. The van der Waals surface area contributed by atoms with Gasteiger partial charge in [0, 0.05) is 0 Å². The normalized spacial score (nSPS) is 12.6. The van der Waals surface area contributed by atoms with Gasteiger partial charge >= 0.3 is 0 Å². The van der Waals surface area contributed by atoms with E-state index in [1.807, 2.05) is 0 Å². The van der Waals surface area contributed by atoms with Gasteiger partial charge in [-0.25, -0.2) is 0 Å². The van der Waals surface area contributed by atoms with Crippen LogP contribution in [-0.4, -0.2) is 51.9 Å². The fourth-order valence-electron chi connectivity index (χ4n) is 6.36. The van der Waals surface area contributed by atoms with Gasteiger partial charge in [-0.1, -0.05) is 81.1 Å². The zero-order chi connectivity index (χ0) is 39.2. The molecular formula is C37H44O12S4. The van der Waals surface area contributed by atoms with Gasteiger partial charge in [-0.2, -0.15) is 33.7 Å². The van der Waals surface area contributed by atoms with Gasteiger partial charge in [0.2, 0.25) is 0 Å².